The van der Waals surface area contributed by atoms with E-state index >= 15 is 0 Å². The Morgan fingerprint density at radius 1 is 0.548 bits per heavy atom. The lowest BCUT2D eigenvalue weighted by Gasteiger charge is -2.30. The molecule has 0 aromatic heterocycles. The van der Waals surface area contributed by atoms with Crippen LogP contribution in [0.3, 0.4) is 0 Å². The first-order chi connectivity index (χ1) is 19.5. The number of rotatable bonds is 4. The molecule has 0 heterocycles. The van der Waals surface area contributed by atoms with Crippen LogP contribution in [0.4, 0.5) is 0 Å². The van der Waals surface area contributed by atoms with Crippen LogP contribution in [-0.2, 0) is 16.2 Å². The van der Waals surface area contributed by atoms with Gasteiger partial charge in [-0.2, -0.15) is 0 Å². The van der Waals surface area contributed by atoms with Crippen LogP contribution in [0.25, 0.3) is 43.8 Å². The molecule has 0 radical (unpaired) electrons. The van der Waals surface area contributed by atoms with E-state index in [9.17, 15) is 9.79 Å². The van der Waals surface area contributed by atoms with Gasteiger partial charge in [-0.05, 0) is 95.4 Å². The summed E-state index contributed by atoms with van der Waals surface area (Å²) in [7, 11) is -2.59. The highest BCUT2D eigenvalue weighted by Crippen LogP contribution is 2.48. The molecule has 0 fully saturated rings. The van der Waals surface area contributed by atoms with Gasteiger partial charge in [0.05, 0.1) is 0 Å². The topological polar surface area (TPSA) is 49.7 Å². The molecule has 0 unspecified atom stereocenters. The maximum atomic E-state index is 9.95. The van der Waals surface area contributed by atoms with E-state index < -0.39 is 8.60 Å². The molecule has 0 saturated heterocycles. The van der Waals surface area contributed by atoms with Gasteiger partial charge in [0.15, 0.2) is 0 Å². The Morgan fingerprint density at radius 2 is 1.21 bits per heavy atom. The molecule has 0 aliphatic heterocycles. The van der Waals surface area contributed by atoms with Gasteiger partial charge in [-0.25, -0.2) is 0 Å². The summed E-state index contributed by atoms with van der Waals surface area (Å²) in [4.78, 5) is 19.9. The molecular weight excluding hydrogens is 535 g/mol. The van der Waals surface area contributed by atoms with Gasteiger partial charge in [0.25, 0.3) is 0 Å². The van der Waals surface area contributed by atoms with Crippen molar-refractivity contribution in [2.45, 2.75) is 78.6 Å². The van der Waals surface area contributed by atoms with Crippen LogP contribution in [0.5, 0.6) is 5.75 Å². The summed E-state index contributed by atoms with van der Waals surface area (Å²) in [5.74, 6) is 0.456. The molecule has 5 aromatic carbocycles. The number of hydrogen-bond acceptors (Lipinski definition) is 3. The Hall–Kier alpha value is -3.23. The van der Waals surface area contributed by atoms with Crippen molar-refractivity contribution >= 4 is 30.1 Å². The lowest BCUT2D eigenvalue weighted by Crippen LogP contribution is -2.18. The standard InChI is InChI=1S/C38H43O3P/c1-36(2,3)28-20-27-21-32(37(4,5)6)31(23-30(27)33(22-28)38(7,8)9)29-15-12-16-34(41-42(39)40)35(29)26-18-17-24-13-10-11-14-25(24)19-26/h10-23,39-40H,1-9H3. The highest BCUT2D eigenvalue weighted by atomic mass is 31.2. The summed E-state index contributed by atoms with van der Waals surface area (Å²) in [6.45, 7) is 20.4. The Labute approximate surface area is 252 Å². The van der Waals surface area contributed by atoms with E-state index in [1.165, 1.54) is 27.5 Å². The fraction of sp³-hybridized carbons (Fsp3) is 0.316. The molecule has 2 N–H and O–H groups in total. The van der Waals surface area contributed by atoms with Crippen LogP contribution in [0.2, 0.25) is 0 Å². The van der Waals surface area contributed by atoms with E-state index in [4.69, 9.17) is 4.52 Å². The molecule has 218 valence electrons. The summed E-state index contributed by atoms with van der Waals surface area (Å²) >= 11 is 0. The quantitative estimate of drug-likeness (QED) is 0.209. The second-order valence-corrected chi connectivity index (χ2v) is 15.2. The largest absolute Gasteiger partial charge is 0.426 e. The fourth-order valence-electron chi connectivity index (χ4n) is 5.87. The SMILES string of the molecule is CC(C)(C)c1cc(C(C)(C)C)c2cc(-c3cccc(OP(O)O)c3-c3ccc4ccccc4c3)c(C(C)(C)C)cc2c1. The smallest absolute Gasteiger partial charge is 0.391 e. The van der Waals surface area contributed by atoms with Crippen molar-refractivity contribution in [3.63, 3.8) is 0 Å². The van der Waals surface area contributed by atoms with E-state index in [2.05, 4.69) is 123 Å². The first-order valence-corrected chi connectivity index (χ1v) is 15.8. The molecule has 0 amide bonds. The third-order valence-electron chi connectivity index (χ3n) is 8.11. The van der Waals surface area contributed by atoms with Crippen LogP contribution in [0, 0.1) is 0 Å². The lowest BCUT2D eigenvalue weighted by molar-refractivity contribution is 0.375. The molecule has 0 saturated carbocycles. The minimum Gasteiger partial charge on any atom is -0.426 e. The molecule has 42 heavy (non-hydrogen) atoms. The molecule has 3 nitrogen and oxygen atoms in total. The van der Waals surface area contributed by atoms with Crippen molar-refractivity contribution in [3.05, 3.63) is 102 Å². The highest BCUT2D eigenvalue weighted by molar-refractivity contribution is 7.39. The van der Waals surface area contributed by atoms with Crippen LogP contribution < -0.4 is 4.52 Å². The first-order valence-electron chi connectivity index (χ1n) is 14.7. The second kappa shape index (κ2) is 10.8. The predicted octanol–water partition coefficient (Wildman–Crippen LogP) is 10.8. The number of fused-ring (bicyclic) bond motifs is 2. The van der Waals surface area contributed by atoms with Crippen molar-refractivity contribution < 1.29 is 14.3 Å². The predicted molar refractivity (Wildman–Crippen MR) is 180 cm³/mol. The van der Waals surface area contributed by atoms with Crippen LogP contribution in [0.1, 0.15) is 79.0 Å². The Kier molecular flexibility index (Phi) is 7.77. The van der Waals surface area contributed by atoms with Crippen LogP contribution in [0.15, 0.2) is 84.9 Å². The maximum Gasteiger partial charge on any atom is 0.391 e. The summed E-state index contributed by atoms with van der Waals surface area (Å²) in [6, 6.07) is 30.0. The molecule has 0 atom stereocenters. The molecule has 0 spiro atoms. The van der Waals surface area contributed by atoms with Crippen molar-refractivity contribution in [1.29, 1.82) is 0 Å². The molecule has 0 aliphatic rings. The summed E-state index contributed by atoms with van der Waals surface area (Å²) in [5.41, 5.74) is 7.65. The normalized spacial score (nSPS) is 12.9. The third kappa shape index (κ3) is 5.97. The van der Waals surface area contributed by atoms with E-state index in [-0.39, 0.29) is 16.2 Å². The monoisotopic (exact) mass is 578 g/mol. The van der Waals surface area contributed by atoms with Gasteiger partial charge in [-0.1, -0.05) is 123 Å². The summed E-state index contributed by atoms with van der Waals surface area (Å²) in [6.07, 6.45) is 0. The van der Waals surface area contributed by atoms with Crippen molar-refractivity contribution in [1.82, 2.24) is 0 Å². The zero-order chi connectivity index (χ0) is 30.6. The van der Waals surface area contributed by atoms with Crippen molar-refractivity contribution in [3.8, 4) is 28.0 Å². The zero-order valence-corrected chi connectivity index (χ0v) is 27.2. The van der Waals surface area contributed by atoms with Gasteiger partial charge >= 0.3 is 8.60 Å². The molecule has 5 rings (SSSR count). The highest BCUT2D eigenvalue weighted by Gasteiger charge is 2.27. The first kappa shape index (κ1) is 30.2. The minimum atomic E-state index is -2.59. The van der Waals surface area contributed by atoms with Gasteiger partial charge in [-0.3, -0.25) is 0 Å². The zero-order valence-electron chi connectivity index (χ0n) is 26.3. The van der Waals surface area contributed by atoms with Gasteiger partial charge in [0, 0.05) is 5.56 Å². The Morgan fingerprint density at radius 3 is 1.83 bits per heavy atom. The van der Waals surface area contributed by atoms with E-state index in [1.807, 2.05) is 24.3 Å². The van der Waals surface area contributed by atoms with Crippen molar-refractivity contribution in [2.24, 2.45) is 0 Å². The van der Waals surface area contributed by atoms with E-state index in [1.54, 1.807) is 0 Å². The third-order valence-corrected chi connectivity index (χ3v) is 8.47. The molecule has 5 aromatic rings. The maximum absolute atomic E-state index is 9.95. The van der Waals surface area contributed by atoms with Gasteiger partial charge in [0.2, 0.25) is 0 Å². The van der Waals surface area contributed by atoms with Gasteiger partial charge in [0.1, 0.15) is 5.75 Å². The van der Waals surface area contributed by atoms with E-state index in [0.29, 0.717) is 5.75 Å². The Balaban J connectivity index is 1.90. The van der Waals surface area contributed by atoms with Gasteiger partial charge in [-0.15, -0.1) is 0 Å². The van der Waals surface area contributed by atoms with Gasteiger partial charge < -0.3 is 14.3 Å². The second-order valence-electron chi connectivity index (χ2n) is 14.5. The average molecular weight is 579 g/mol. The summed E-state index contributed by atoms with van der Waals surface area (Å²) < 4.78 is 5.69. The summed E-state index contributed by atoms with van der Waals surface area (Å²) in [5, 5.41) is 4.75. The number of benzene rings is 5. The van der Waals surface area contributed by atoms with Crippen LogP contribution in [-0.4, -0.2) is 9.79 Å². The van der Waals surface area contributed by atoms with E-state index in [0.717, 1.165) is 33.0 Å². The lowest BCUT2D eigenvalue weighted by atomic mass is 9.74. The fourth-order valence-corrected chi connectivity index (χ4v) is 6.20. The molecule has 0 bridgehead atoms. The molecule has 4 heteroatoms. The molecule has 0 aliphatic carbocycles. The number of hydrogen-bond donors (Lipinski definition) is 2. The van der Waals surface area contributed by atoms with Crippen LogP contribution >= 0.6 is 8.60 Å². The molecular formula is C38H43O3P. The van der Waals surface area contributed by atoms with Crippen molar-refractivity contribution in [2.75, 3.05) is 0 Å². The Bertz CT molecular complexity index is 1780. The minimum absolute atomic E-state index is 0.0244. The average Bonchev–Trinajstić information content (AvgIpc) is 2.89.